The Labute approximate surface area is 135 Å². The molecule has 0 atom stereocenters. The van der Waals surface area contributed by atoms with Crippen LogP contribution in [0.1, 0.15) is 101 Å². The van der Waals surface area contributed by atoms with Crippen molar-refractivity contribution in [2.24, 2.45) is 34.0 Å². The Balaban J connectivity index is 2.73. The minimum atomic E-state index is 0.487. The number of hydrogen-bond donors (Lipinski definition) is 0. The summed E-state index contributed by atoms with van der Waals surface area (Å²) in [6, 6.07) is 0. The first-order valence-electron chi connectivity index (χ1n) is 9.23. The van der Waals surface area contributed by atoms with Crippen molar-refractivity contribution in [3.05, 3.63) is 0 Å². The zero-order chi connectivity index (χ0) is 16.5. The van der Waals surface area contributed by atoms with E-state index in [-0.39, 0.29) is 0 Å². The Morgan fingerprint density at radius 1 is 0.476 bits per heavy atom. The second-order valence-corrected chi connectivity index (χ2v) is 11.6. The van der Waals surface area contributed by atoms with E-state index in [0.29, 0.717) is 16.2 Å². The second kappa shape index (κ2) is 6.63. The van der Waals surface area contributed by atoms with Crippen molar-refractivity contribution in [1.82, 2.24) is 0 Å². The molecular formula is C21H42. The average molecular weight is 295 g/mol. The summed E-state index contributed by atoms with van der Waals surface area (Å²) in [7, 11) is 0. The summed E-state index contributed by atoms with van der Waals surface area (Å²) in [4.78, 5) is 0. The maximum Gasteiger partial charge on any atom is -0.0380 e. The summed E-state index contributed by atoms with van der Waals surface area (Å²) in [6.07, 6.45) is 8.68. The molecule has 0 N–H and O–H groups in total. The zero-order valence-electron chi connectivity index (χ0n) is 16.5. The molecule has 21 heavy (non-hydrogen) atoms. The smallest absolute Gasteiger partial charge is 0.0380 e. The standard InChI is InChI=1S/C21H42/c1-19(2,3)13-16-10-17(14-20(4,5)6)12-18(11-16)15-21(7,8)9/h16-18H,10-15H2,1-9H3. The van der Waals surface area contributed by atoms with Gasteiger partial charge >= 0.3 is 0 Å². The molecule has 0 aromatic heterocycles. The van der Waals surface area contributed by atoms with Gasteiger partial charge in [-0.15, -0.1) is 0 Å². The van der Waals surface area contributed by atoms with Crippen LogP contribution in [0.4, 0.5) is 0 Å². The van der Waals surface area contributed by atoms with Gasteiger partial charge in [-0.25, -0.2) is 0 Å². The van der Waals surface area contributed by atoms with Gasteiger partial charge in [0.05, 0.1) is 0 Å². The Hall–Kier alpha value is 0. The van der Waals surface area contributed by atoms with E-state index in [0.717, 1.165) is 17.8 Å². The van der Waals surface area contributed by atoms with Gasteiger partial charge in [-0.1, -0.05) is 62.3 Å². The summed E-state index contributed by atoms with van der Waals surface area (Å²) < 4.78 is 0. The Bertz CT molecular complexity index is 246. The van der Waals surface area contributed by atoms with E-state index >= 15 is 0 Å². The van der Waals surface area contributed by atoms with Crippen LogP contribution in [0.5, 0.6) is 0 Å². The molecule has 0 unspecified atom stereocenters. The van der Waals surface area contributed by atoms with Gasteiger partial charge in [0.1, 0.15) is 0 Å². The van der Waals surface area contributed by atoms with Crippen LogP contribution in [-0.4, -0.2) is 0 Å². The Kier molecular flexibility index (Phi) is 6.01. The third-order valence-corrected chi connectivity index (χ3v) is 4.70. The lowest BCUT2D eigenvalue weighted by Gasteiger charge is -2.41. The number of hydrogen-bond acceptors (Lipinski definition) is 0. The molecule has 0 saturated heterocycles. The summed E-state index contributed by atoms with van der Waals surface area (Å²) in [6.45, 7) is 21.7. The van der Waals surface area contributed by atoms with Crippen molar-refractivity contribution in [1.29, 1.82) is 0 Å². The van der Waals surface area contributed by atoms with Gasteiger partial charge in [0.25, 0.3) is 0 Å². The van der Waals surface area contributed by atoms with Crippen molar-refractivity contribution >= 4 is 0 Å². The molecule has 0 bridgehead atoms. The van der Waals surface area contributed by atoms with Gasteiger partial charge in [-0.3, -0.25) is 0 Å². The van der Waals surface area contributed by atoms with Crippen LogP contribution in [0.3, 0.4) is 0 Å². The zero-order valence-corrected chi connectivity index (χ0v) is 16.5. The molecule has 1 aliphatic carbocycles. The van der Waals surface area contributed by atoms with Crippen LogP contribution >= 0.6 is 0 Å². The predicted octanol–water partition coefficient (Wildman–Crippen LogP) is 7.33. The molecular weight excluding hydrogens is 252 g/mol. The maximum absolute atomic E-state index is 2.42. The molecule has 0 spiro atoms. The van der Waals surface area contributed by atoms with E-state index in [1.54, 1.807) is 0 Å². The fourth-order valence-corrected chi connectivity index (χ4v) is 4.80. The van der Waals surface area contributed by atoms with Crippen molar-refractivity contribution in [3.8, 4) is 0 Å². The van der Waals surface area contributed by atoms with E-state index in [1.165, 1.54) is 38.5 Å². The van der Waals surface area contributed by atoms with E-state index in [2.05, 4.69) is 62.3 Å². The lowest BCUT2D eigenvalue weighted by molar-refractivity contribution is 0.0993. The van der Waals surface area contributed by atoms with Crippen LogP contribution in [0.2, 0.25) is 0 Å². The van der Waals surface area contributed by atoms with Gasteiger partial charge in [0.2, 0.25) is 0 Å². The first-order chi connectivity index (χ1) is 9.23. The summed E-state index contributed by atoms with van der Waals surface area (Å²) in [5.41, 5.74) is 1.46. The fourth-order valence-electron chi connectivity index (χ4n) is 4.80. The first-order valence-corrected chi connectivity index (χ1v) is 9.23. The molecule has 0 aromatic carbocycles. The Morgan fingerprint density at radius 3 is 0.810 bits per heavy atom. The highest BCUT2D eigenvalue weighted by Crippen LogP contribution is 2.46. The quantitative estimate of drug-likeness (QED) is 0.511. The second-order valence-electron chi connectivity index (χ2n) is 11.6. The minimum absolute atomic E-state index is 0.487. The summed E-state index contributed by atoms with van der Waals surface area (Å²) in [5, 5.41) is 0. The molecule has 1 fully saturated rings. The molecule has 126 valence electrons. The average Bonchev–Trinajstić information content (AvgIpc) is 2.06. The Morgan fingerprint density at radius 2 is 0.667 bits per heavy atom. The minimum Gasteiger partial charge on any atom is -0.0602 e. The third kappa shape index (κ3) is 8.89. The van der Waals surface area contributed by atoms with Crippen molar-refractivity contribution in [3.63, 3.8) is 0 Å². The normalized spacial score (nSPS) is 28.7. The molecule has 1 rings (SSSR count). The van der Waals surface area contributed by atoms with Gasteiger partial charge < -0.3 is 0 Å². The highest BCUT2D eigenvalue weighted by atomic mass is 14.4. The molecule has 1 aliphatic rings. The van der Waals surface area contributed by atoms with E-state index < -0.39 is 0 Å². The van der Waals surface area contributed by atoms with Gasteiger partial charge in [0, 0.05) is 0 Å². The molecule has 0 amide bonds. The molecule has 0 nitrogen and oxygen atoms in total. The fraction of sp³-hybridized carbons (Fsp3) is 1.00. The molecule has 0 heteroatoms. The van der Waals surface area contributed by atoms with Crippen LogP contribution in [0.15, 0.2) is 0 Å². The summed E-state index contributed by atoms with van der Waals surface area (Å²) >= 11 is 0. The van der Waals surface area contributed by atoms with Gasteiger partial charge in [-0.2, -0.15) is 0 Å². The van der Waals surface area contributed by atoms with Gasteiger partial charge in [-0.05, 0) is 72.5 Å². The largest absolute Gasteiger partial charge is 0.0602 e. The van der Waals surface area contributed by atoms with Crippen LogP contribution in [-0.2, 0) is 0 Å². The molecule has 1 saturated carbocycles. The van der Waals surface area contributed by atoms with Crippen LogP contribution in [0.25, 0.3) is 0 Å². The predicted molar refractivity (Wildman–Crippen MR) is 96.5 cm³/mol. The molecule has 0 aliphatic heterocycles. The van der Waals surface area contributed by atoms with Crippen LogP contribution in [0, 0.1) is 34.0 Å². The lowest BCUT2D eigenvalue weighted by atomic mass is 9.64. The highest BCUT2D eigenvalue weighted by molar-refractivity contribution is 4.85. The van der Waals surface area contributed by atoms with Crippen molar-refractivity contribution < 1.29 is 0 Å². The topological polar surface area (TPSA) is 0 Å². The molecule has 0 heterocycles. The molecule has 0 aromatic rings. The monoisotopic (exact) mass is 294 g/mol. The lowest BCUT2D eigenvalue weighted by Crippen LogP contribution is -2.30. The molecule has 0 radical (unpaired) electrons. The van der Waals surface area contributed by atoms with E-state index in [1.807, 2.05) is 0 Å². The van der Waals surface area contributed by atoms with E-state index in [4.69, 9.17) is 0 Å². The van der Waals surface area contributed by atoms with Crippen molar-refractivity contribution in [2.45, 2.75) is 101 Å². The van der Waals surface area contributed by atoms with Crippen LogP contribution < -0.4 is 0 Å². The van der Waals surface area contributed by atoms with Crippen molar-refractivity contribution in [2.75, 3.05) is 0 Å². The number of rotatable bonds is 3. The van der Waals surface area contributed by atoms with E-state index in [9.17, 15) is 0 Å². The highest BCUT2D eigenvalue weighted by Gasteiger charge is 2.34. The SMILES string of the molecule is CC(C)(C)CC1CC(CC(C)(C)C)CC(CC(C)(C)C)C1. The maximum atomic E-state index is 2.42. The summed E-state index contributed by atoms with van der Waals surface area (Å²) in [5.74, 6) is 2.87. The van der Waals surface area contributed by atoms with Gasteiger partial charge in [0.15, 0.2) is 0 Å². The first kappa shape index (κ1) is 19.0. The third-order valence-electron chi connectivity index (χ3n) is 4.70.